The van der Waals surface area contributed by atoms with Gasteiger partial charge in [-0.2, -0.15) is 0 Å². The molecule has 1 heterocycles. The molecule has 0 bridgehead atoms. The average Bonchev–Trinajstić information content (AvgIpc) is 2.81. The lowest BCUT2D eigenvalue weighted by molar-refractivity contribution is -0.143. The lowest BCUT2D eigenvalue weighted by atomic mass is 10.1. The fourth-order valence-corrected chi connectivity index (χ4v) is 2.48. The average molecular weight is 289 g/mol. The van der Waals surface area contributed by atoms with Gasteiger partial charge in [0.1, 0.15) is 11.3 Å². The maximum absolute atomic E-state index is 11.3. The third-order valence-electron chi connectivity index (χ3n) is 3.59. The highest BCUT2D eigenvalue weighted by molar-refractivity contribution is 5.82. The van der Waals surface area contributed by atoms with Crippen molar-refractivity contribution in [3.05, 3.63) is 35.6 Å². The number of hydrogen-bond donors (Lipinski definition) is 1. The Balaban J connectivity index is 1.89. The van der Waals surface area contributed by atoms with Gasteiger partial charge in [-0.3, -0.25) is 4.79 Å². The number of carbonyl (C=O) groups is 1. The van der Waals surface area contributed by atoms with Gasteiger partial charge in [-0.05, 0) is 45.4 Å². The Morgan fingerprint density at radius 3 is 2.86 bits per heavy atom. The maximum atomic E-state index is 11.3. The van der Waals surface area contributed by atoms with Gasteiger partial charge in [-0.25, -0.2) is 0 Å². The van der Waals surface area contributed by atoms with Crippen molar-refractivity contribution in [2.45, 2.75) is 39.7 Å². The van der Waals surface area contributed by atoms with Gasteiger partial charge in [0.05, 0.1) is 12.6 Å². The molecule has 0 aliphatic carbocycles. The summed E-state index contributed by atoms with van der Waals surface area (Å²) in [5.74, 6) is 0.833. The minimum Gasteiger partial charge on any atom is -0.466 e. The van der Waals surface area contributed by atoms with E-state index in [0.717, 1.165) is 29.7 Å². The lowest BCUT2D eigenvalue weighted by Crippen LogP contribution is -2.21. The van der Waals surface area contributed by atoms with Crippen molar-refractivity contribution in [1.82, 2.24) is 5.32 Å². The largest absolute Gasteiger partial charge is 0.466 e. The van der Waals surface area contributed by atoms with Crippen LogP contribution in [0.4, 0.5) is 0 Å². The third-order valence-corrected chi connectivity index (χ3v) is 3.59. The molecule has 1 atom stereocenters. The summed E-state index contributed by atoms with van der Waals surface area (Å²) in [6, 6.07) is 8.18. The monoisotopic (exact) mass is 289 g/mol. The zero-order valence-electron chi connectivity index (χ0n) is 12.9. The molecule has 21 heavy (non-hydrogen) atoms. The van der Waals surface area contributed by atoms with Gasteiger partial charge in [0.15, 0.2) is 0 Å². The van der Waals surface area contributed by atoms with E-state index in [9.17, 15) is 4.79 Å². The van der Waals surface area contributed by atoms with Crippen LogP contribution in [0.3, 0.4) is 0 Å². The molecule has 1 aromatic carbocycles. The molecule has 0 spiro atoms. The molecular weight excluding hydrogens is 266 g/mol. The van der Waals surface area contributed by atoms with Crippen LogP contribution in [0.15, 0.2) is 28.7 Å². The summed E-state index contributed by atoms with van der Waals surface area (Å²) in [6.45, 7) is 7.19. The van der Waals surface area contributed by atoms with Crippen molar-refractivity contribution >= 4 is 16.9 Å². The molecule has 1 N–H and O–H groups in total. The zero-order chi connectivity index (χ0) is 15.2. The second-order valence-corrected chi connectivity index (χ2v) is 5.17. The molecule has 4 nitrogen and oxygen atoms in total. The minimum absolute atomic E-state index is 0.125. The topological polar surface area (TPSA) is 51.5 Å². The Kier molecular flexibility index (Phi) is 5.39. The van der Waals surface area contributed by atoms with E-state index in [-0.39, 0.29) is 12.0 Å². The highest BCUT2D eigenvalue weighted by Gasteiger charge is 2.15. The van der Waals surface area contributed by atoms with Gasteiger partial charge in [-0.1, -0.05) is 18.2 Å². The van der Waals surface area contributed by atoms with Gasteiger partial charge in [-0.15, -0.1) is 0 Å². The lowest BCUT2D eigenvalue weighted by Gasteiger charge is -2.12. The van der Waals surface area contributed by atoms with Gasteiger partial charge in [0, 0.05) is 11.8 Å². The van der Waals surface area contributed by atoms with E-state index in [1.807, 2.05) is 25.1 Å². The zero-order valence-corrected chi connectivity index (χ0v) is 12.9. The van der Waals surface area contributed by atoms with E-state index in [2.05, 4.69) is 25.2 Å². The van der Waals surface area contributed by atoms with E-state index < -0.39 is 0 Å². The quantitative estimate of drug-likeness (QED) is 0.623. The van der Waals surface area contributed by atoms with E-state index in [1.54, 1.807) is 0 Å². The van der Waals surface area contributed by atoms with E-state index in [4.69, 9.17) is 9.15 Å². The molecule has 114 valence electrons. The number of hydrogen-bond acceptors (Lipinski definition) is 4. The Bertz CT molecular complexity index is 603. The number of furan rings is 1. The second kappa shape index (κ2) is 7.27. The molecule has 0 aliphatic heterocycles. The number of rotatable bonds is 7. The van der Waals surface area contributed by atoms with Crippen LogP contribution in [0.25, 0.3) is 11.0 Å². The van der Waals surface area contributed by atoms with Crippen molar-refractivity contribution in [3.8, 4) is 0 Å². The van der Waals surface area contributed by atoms with E-state index in [1.165, 1.54) is 5.56 Å². The second-order valence-electron chi connectivity index (χ2n) is 5.17. The molecular formula is C17H23NO3. The first-order valence-electron chi connectivity index (χ1n) is 7.50. The highest BCUT2D eigenvalue weighted by Crippen LogP contribution is 2.28. The van der Waals surface area contributed by atoms with Crippen LogP contribution in [0.2, 0.25) is 0 Å². The third kappa shape index (κ3) is 3.85. The summed E-state index contributed by atoms with van der Waals surface area (Å²) in [4.78, 5) is 11.3. The molecule has 2 rings (SSSR count). The fourth-order valence-electron chi connectivity index (χ4n) is 2.48. The summed E-state index contributed by atoms with van der Waals surface area (Å²) in [7, 11) is 0. The number of nitrogens with one attached hydrogen (secondary N) is 1. The predicted octanol–water partition coefficient (Wildman–Crippen LogP) is 3.74. The number of fused-ring (bicyclic) bond motifs is 1. The Morgan fingerprint density at radius 1 is 1.38 bits per heavy atom. The van der Waals surface area contributed by atoms with Crippen LogP contribution in [-0.2, 0) is 9.53 Å². The maximum Gasteiger partial charge on any atom is 0.305 e. The molecule has 0 fully saturated rings. The molecule has 0 radical (unpaired) electrons. The highest BCUT2D eigenvalue weighted by atomic mass is 16.5. The number of ether oxygens (including phenoxy) is 1. The summed E-state index contributed by atoms with van der Waals surface area (Å²) in [6.07, 6.45) is 1.22. The first kappa shape index (κ1) is 15.6. The molecule has 1 aromatic heterocycles. The SMILES string of the molecule is CCOC(=O)CCCNC(C)c1oc2ccccc2c1C. The normalized spacial score (nSPS) is 12.5. The summed E-state index contributed by atoms with van der Waals surface area (Å²) in [5.41, 5.74) is 2.10. The first-order chi connectivity index (χ1) is 10.1. The fraction of sp³-hybridized carbons (Fsp3) is 0.471. The number of para-hydroxylation sites is 1. The summed E-state index contributed by atoms with van der Waals surface area (Å²) in [5, 5.41) is 4.56. The van der Waals surface area contributed by atoms with Gasteiger partial charge >= 0.3 is 5.97 Å². The Labute approximate surface area is 125 Å². The summed E-state index contributed by atoms with van der Waals surface area (Å²) < 4.78 is 10.8. The molecule has 4 heteroatoms. The molecule has 0 amide bonds. The number of benzene rings is 1. The van der Waals surface area contributed by atoms with Crippen molar-refractivity contribution in [3.63, 3.8) is 0 Å². The van der Waals surface area contributed by atoms with Crippen LogP contribution in [0.1, 0.15) is 44.1 Å². The van der Waals surface area contributed by atoms with Crippen LogP contribution in [-0.4, -0.2) is 19.1 Å². The van der Waals surface area contributed by atoms with Crippen LogP contribution in [0, 0.1) is 6.92 Å². The molecule has 2 aromatic rings. The molecule has 1 unspecified atom stereocenters. The standard InChI is InChI=1S/C17H23NO3/c1-4-20-16(19)10-7-11-18-13(3)17-12(2)14-8-5-6-9-15(14)21-17/h5-6,8-9,13,18H,4,7,10-11H2,1-3H3. The Hall–Kier alpha value is -1.81. The molecule has 0 saturated carbocycles. The number of aryl methyl sites for hydroxylation is 1. The predicted molar refractivity (Wildman–Crippen MR) is 83.2 cm³/mol. The summed E-state index contributed by atoms with van der Waals surface area (Å²) >= 11 is 0. The number of esters is 1. The van der Waals surface area contributed by atoms with Crippen molar-refractivity contribution in [1.29, 1.82) is 0 Å². The molecule has 0 aliphatic rings. The van der Waals surface area contributed by atoms with E-state index in [0.29, 0.717) is 13.0 Å². The Morgan fingerprint density at radius 2 is 2.14 bits per heavy atom. The van der Waals surface area contributed by atoms with Crippen molar-refractivity contribution in [2.24, 2.45) is 0 Å². The molecule has 0 saturated heterocycles. The van der Waals surface area contributed by atoms with Crippen molar-refractivity contribution < 1.29 is 13.9 Å². The van der Waals surface area contributed by atoms with Gasteiger partial charge in [0.25, 0.3) is 0 Å². The van der Waals surface area contributed by atoms with Crippen molar-refractivity contribution in [2.75, 3.05) is 13.2 Å². The number of carbonyl (C=O) groups excluding carboxylic acids is 1. The van der Waals surface area contributed by atoms with Gasteiger partial charge < -0.3 is 14.5 Å². The van der Waals surface area contributed by atoms with Crippen LogP contribution in [0.5, 0.6) is 0 Å². The van der Waals surface area contributed by atoms with Crippen LogP contribution >= 0.6 is 0 Å². The van der Waals surface area contributed by atoms with Gasteiger partial charge in [0.2, 0.25) is 0 Å². The smallest absolute Gasteiger partial charge is 0.305 e. The minimum atomic E-state index is -0.133. The van der Waals surface area contributed by atoms with Crippen LogP contribution < -0.4 is 5.32 Å². The van der Waals surface area contributed by atoms with E-state index >= 15 is 0 Å². The first-order valence-corrected chi connectivity index (χ1v) is 7.50.